The maximum atomic E-state index is 13.5. The van der Waals surface area contributed by atoms with Gasteiger partial charge in [-0.1, -0.05) is 50.4 Å². The number of hydrogen-bond donors (Lipinski definition) is 0. The molecule has 0 aromatic heterocycles. The number of carbonyl (C=O) groups is 1. The van der Waals surface area contributed by atoms with Crippen LogP contribution in [0, 0.1) is 34.5 Å². The third-order valence-electron chi connectivity index (χ3n) is 9.43. The van der Waals surface area contributed by atoms with Crippen LogP contribution in [0.4, 0.5) is 0 Å². The first-order valence-electron chi connectivity index (χ1n) is 11.4. The summed E-state index contributed by atoms with van der Waals surface area (Å²) >= 11 is 6.04. The van der Waals surface area contributed by atoms with E-state index in [4.69, 9.17) is 11.6 Å². The van der Waals surface area contributed by atoms with Crippen molar-refractivity contribution in [2.75, 3.05) is 0 Å². The summed E-state index contributed by atoms with van der Waals surface area (Å²) < 4.78 is 0. The Morgan fingerprint density at radius 1 is 0.964 bits per heavy atom. The largest absolute Gasteiger partial charge is 0.294 e. The molecule has 28 heavy (non-hydrogen) atoms. The number of ketones is 1. The average molecular weight is 397 g/mol. The fourth-order valence-electron chi connectivity index (χ4n) is 7.85. The Balaban J connectivity index is 1.45. The van der Waals surface area contributed by atoms with Gasteiger partial charge in [-0.05, 0) is 103 Å². The van der Waals surface area contributed by atoms with Crippen molar-refractivity contribution in [1.29, 1.82) is 0 Å². The molecular weight excluding hydrogens is 364 g/mol. The number of benzene rings is 1. The van der Waals surface area contributed by atoms with Gasteiger partial charge in [0.2, 0.25) is 0 Å². The first kappa shape index (κ1) is 18.9. The van der Waals surface area contributed by atoms with Crippen molar-refractivity contribution >= 4 is 23.5 Å². The molecule has 4 aliphatic rings. The van der Waals surface area contributed by atoms with E-state index >= 15 is 0 Å². The molecular formula is C26H33ClO. The summed E-state index contributed by atoms with van der Waals surface area (Å²) in [5, 5.41) is 0.751. The molecule has 2 heteroatoms. The topological polar surface area (TPSA) is 17.1 Å². The summed E-state index contributed by atoms with van der Waals surface area (Å²) in [6.45, 7) is 4.89. The number of fused-ring (bicyclic) bond motifs is 5. The number of halogens is 1. The zero-order valence-electron chi connectivity index (χ0n) is 17.3. The maximum Gasteiger partial charge on any atom is 0.165 e. The molecule has 0 spiro atoms. The number of rotatable bonds is 1. The number of carbonyl (C=O) groups excluding carboxylic acids is 1. The van der Waals surface area contributed by atoms with Crippen LogP contribution in [0.2, 0.25) is 5.02 Å². The summed E-state index contributed by atoms with van der Waals surface area (Å²) in [5.74, 6) is 3.51. The molecule has 0 radical (unpaired) electrons. The molecule has 6 atom stereocenters. The molecule has 0 amide bonds. The second-order valence-corrected chi connectivity index (χ2v) is 11.0. The fraction of sp³-hybridized carbons (Fsp3) is 0.654. The zero-order valence-corrected chi connectivity index (χ0v) is 18.1. The van der Waals surface area contributed by atoms with Gasteiger partial charge in [-0.15, -0.1) is 0 Å². The molecule has 1 aromatic carbocycles. The second kappa shape index (κ2) is 6.73. The monoisotopic (exact) mass is 396 g/mol. The minimum Gasteiger partial charge on any atom is -0.294 e. The van der Waals surface area contributed by atoms with Crippen LogP contribution in [0.15, 0.2) is 29.8 Å². The van der Waals surface area contributed by atoms with Gasteiger partial charge in [0.05, 0.1) is 0 Å². The molecule has 5 rings (SSSR count). The van der Waals surface area contributed by atoms with Gasteiger partial charge < -0.3 is 0 Å². The van der Waals surface area contributed by atoms with E-state index in [9.17, 15) is 4.79 Å². The lowest BCUT2D eigenvalue weighted by Crippen LogP contribution is -2.52. The first-order valence-corrected chi connectivity index (χ1v) is 11.8. The Bertz CT molecular complexity index is 808. The minimum atomic E-state index is -0.128. The molecule has 4 aliphatic carbocycles. The van der Waals surface area contributed by atoms with E-state index in [0.29, 0.717) is 17.1 Å². The van der Waals surface area contributed by atoms with Crippen LogP contribution >= 0.6 is 11.6 Å². The smallest absolute Gasteiger partial charge is 0.165 e. The molecule has 1 nitrogen and oxygen atoms in total. The lowest BCUT2D eigenvalue weighted by Gasteiger charge is -2.59. The molecule has 4 fully saturated rings. The summed E-state index contributed by atoms with van der Waals surface area (Å²) in [7, 11) is 0. The predicted octanol–water partition coefficient (Wildman–Crippen LogP) is 7.34. The molecule has 0 unspecified atom stereocenters. The van der Waals surface area contributed by atoms with E-state index in [1.54, 1.807) is 0 Å². The molecule has 0 saturated heterocycles. The molecule has 0 bridgehead atoms. The second-order valence-electron chi connectivity index (χ2n) is 10.6. The van der Waals surface area contributed by atoms with Crippen molar-refractivity contribution in [3.63, 3.8) is 0 Å². The van der Waals surface area contributed by atoms with Gasteiger partial charge in [0.25, 0.3) is 0 Å². The summed E-state index contributed by atoms with van der Waals surface area (Å²) in [5.41, 5.74) is 2.58. The van der Waals surface area contributed by atoms with E-state index in [1.165, 1.54) is 44.9 Å². The molecule has 150 valence electrons. The Morgan fingerprint density at radius 2 is 1.75 bits per heavy atom. The van der Waals surface area contributed by atoms with Gasteiger partial charge in [-0.2, -0.15) is 0 Å². The number of hydrogen-bond acceptors (Lipinski definition) is 1. The fourth-order valence-corrected chi connectivity index (χ4v) is 7.98. The van der Waals surface area contributed by atoms with E-state index in [1.807, 2.05) is 24.3 Å². The Kier molecular flexibility index (Phi) is 4.54. The van der Waals surface area contributed by atoms with Crippen LogP contribution in [0.1, 0.15) is 77.2 Å². The first-order chi connectivity index (χ1) is 13.4. The lowest BCUT2D eigenvalue weighted by molar-refractivity contribution is -0.137. The highest BCUT2D eigenvalue weighted by Crippen LogP contribution is 2.66. The van der Waals surface area contributed by atoms with Crippen LogP contribution in [0.3, 0.4) is 0 Å². The van der Waals surface area contributed by atoms with Gasteiger partial charge >= 0.3 is 0 Å². The third-order valence-corrected chi connectivity index (χ3v) is 9.69. The van der Waals surface area contributed by atoms with E-state index in [0.717, 1.165) is 46.8 Å². The van der Waals surface area contributed by atoms with Crippen molar-refractivity contribution in [1.82, 2.24) is 0 Å². The predicted molar refractivity (Wildman–Crippen MR) is 116 cm³/mol. The van der Waals surface area contributed by atoms with Crippen molar-refractivity contribution in [2.24, 2.45) is 34.5 Å². The van der Waals surface area contributed by atoms with E-state index < -0.39 is 0 Å². The Morgan fingerprint density at radius 3 is 2.54 bits per heavy atom. The highest BCUT2D eigenvalue weighted by Gasteiger charge is 2.60. The quantitative estimate of drug-likeness (QED) is 0.454. The molecule has 0 heterocycles. The summed E-state index contributed by atoms with van der Waals surface area (Å²) in [4.78, 5) is 13.5. The minimum absolute atomic E-state index is 0.128. The van der Waals surface area contributed by atoms with Gasteiger partial charge in [-0.3, -0.25) is 4.79 Å². The van der Waals surface area contributed by atoms with Gasteiger partial charge in [0.15, 0.2) is 5.78 Å². The van der Waals surface area contributed by atoms with Crippen LogP contribution in [0.5, 0.6) is 0 Å². The highest BCUT2D eigenvalue weighted by molar-refractivity contribution is 6.30. The number of Topliss-reactive ketones (excluding diaryl/α,β-unsaturated/α-hetero) is 1. The lowest BCUT2D eigenvalue weighted by atomic mass is 9.45. The third kappa shape index (κ3) is 2.76. The molecule has 0 N–H and O–H groups in total. The Hall–Kier alpha value is -1.08. The normalized spacial score (nSPS) is 44.1. The Labute approximate surface area is 174 Å². The van der Waals surface area contributed by atoms with Crippen molar-refractivity contribution < 1.29 is 4.79 Å². The zero-order chi connectivity index (χ0) is 19.5. The molecule has 4 saturated carbocycles. The molecule has 0 aliphatic heterocycles. The molecule has 1 aromatic rings. The van der Waals surface area contributed by atoms with E-state index in [-0.39, 0.29) is 5.41 Å². The highest BCUT2D eigenvalue weighted by atomic mass is 35.5. The number of allylic oxidation sites excluding steroid dienone is 1. The van der Waals surface area contributed by atoms with Crippen LogP contribution < -0.4 is 0 Å². The standard InChI is InChI=1S/C26H33ClO/c1-25-13-4-3-5-19(25)8-11-21-22(25)12-14-26(2)23(21)16-18(24(26)28)15-17-6-9-20(27)10-7-17/h6-7,9-10,15,19,21-23H,3-5,8,11-14,16H2,1-2H3/b18-15+/t19-,21+,22-,23+,25+,26+/m1/s1. The van der Waals surface area contributed by atoms with Crippen LogP contribution in [-0.4, -0.2) is 5.78 Å². The van der Waals surface area contributed by atoms with Gasteiger partial charge in [-0.25, -0.2) is 0 Å². The maximum absolute atomic E-state index is 13.5. The van der Waals surface area contributed by atoms with Crippen molar-refractivity contribution in [3.05, 3.63) is 40.4 Å². The van der Waals surface area contributed by atoms with Gasteiger partial charge in [0, 0.05) is 10.4 Å². The van der Waals surface area contributed by atoms with Crippen LogP contribution in [-0.2, 0) is 4.79 Å². The van der Waals surface area contributed by atoms with Gasteiger partial charge in [0.1, 0.15) is 0 Å². The van der Waals surface area contributed by atoms with Crippen molar-refractivity contribution in [2.45, 2.75) is 71.6 Å². The van der Waals surface area contributed by atoms with Crippen LogP contribution in [0.25, 0.3) is 6.08 Å². The summed E-state index contributed by atoms with van der Waals surface area (Å²) in [6, 6.07) is 7.90. The average Bonchev–Trinajstić information content (AvgIpc) is 2.94. The van der Waals surface area contributed by atoms with Crippen molar-refractivity contribution in [3.8, 4) is 0 Å². The SMILES string of the molecule is C[C@]12CCCC[C@@H]1CC[C@H]1[C@H]2CC[C@]2(C)C(=O)/C(=C/c3ccc(Cl)cc3)C[C@@H]12. The summed E-state index contributed by atoms with van der Waals surface area (Å²) in [6.07, 6.45) is 14.0. The van der Waals surface area contributed by atoms with E-state index in [2.05, 4.69) is 19.9 Å².